The summed E-state index contributed by atoms with van der Waals surface area (Å²) in [6.07, 6.45) is 0.795. The molecule has 0 aliphatic rings. The molecule has 0 fully saturated rings. The number of rotatable bonds is 11. The highest BCUT2D eigenvalue weighted by Gasteiger charge is 2.15. The van der Waals surface area contributed by atoms with Crippen molar-refractivity contribution in [2.45, 2.75) is 33.4 Å². The van der Waals surface area contributed by atoms with Crippen molar-refractivity contribution in [2.75, 3.05) is 26.4 Å². The molecule has 0 atom stereocenters. The molecule has 6 nitrogen and oxygen atoms in total. The normalized spacial score (nSPS) is 11.6. The Bertz CT molecular complexity index is 513. The number of alkyl halides is 2. The molecule has 0 unspecified atom stereocenters. The van der Waals surface area contributed by atoms with Crippen LogP contribution in [0, 0.1) is 0 Å². The van der Waals surface area contributed by atoms with Crippen LogP contribution in [0.3, 0.4) is 0 Å². The Morgan fingerprint density at radius 3 is 2.75 bits per heavy atom. The Morgan fingerprint density at radius 1 is 1.29 bits per heavy atom. The van der Waals surface area contributed by atoms with Crippen LogP contribution in [-0.2, 0) is 11.3 Å². The average Bonchev–Trinajstić information content (AvgIpc) is 2.54. The van der Waals surface area contributed by atoms with Crippen LogP contribution in [0.15, 0.2) is 23.2 Å². The molecule has 0 aliphatic carbocycles. The average molecular weight is 345 g/mol. The van der Waals surface area contributed by atoms with Crippen LogP contribution in [0.4, 0.5) is 8.78 Å². The summed E-state index contributed by atoms with van der Waals surface area (Å²) in [6.45, 7) is 3.13. The van der Waals surface area contributed by atoms with Crippen molar-refractivity contribution >= 4 is 5.96 Å². The Kier molecular flexibility index (Phi) is 9.52. The van der Waals surface area contributed by atoms with Gasteiger partial charge in [0, 0.05) is 25.3 Å². The van der Waals surface area contributed by atoms with E-state index in [0.717, 1.165) is 6.42 Å². The lowest BCUT2D eigenvalue weighted by Crippen LogP contribution is -2.32. The van der Waals surface area contributed by atoms with Crippen LogP contribution in [0.25, 0.3) is 0 Å². The van der Waals surface area contributed by atoms with Gasteiger partial charge in [0.15, 0.2) is 17.5 Å². The molecule has 0 heterocycles. The van der Waals surface area contributed by atoms with Gasteiger partial charge in [-0.25, -0.2) is 4.99 Å². The molecule has 0 bridgehead atoms. The molecule has 0 saturated carbocycles. The third-order valence-corrected chi connectivity index (χ3v) is 2.96. The van der Waals surface area contributed by atoms with Gasteiger partial charge in [-0.3, -0.25) is 0 Å². The maximum atomic E-state index is 12.6. The molecule has 1 rings (SSSR count). The maximum Gasteiger partial charge on any atom is 0.387 e. The second kappa shape index (κ2) is 11.4. The third kappa shape index (κ3) is 7.45. The topological polar surface area (TPSA) is 78.1 Å². The number of guanidine groups is 1. The van der Waals surface area contributed by atoms with Crippen LogP contribution in [-0.4, -0.2) is 38.9 Å². The summed E-state index contributed by atoms with van der Waals surface area (Å²) in [5.41, 5.74) is 6.23. The molecule has 1 aromatic carbocycles. The van der Waals surface area contributed by atoms with E-state index in [0.29, 0.717) is 31.9 Å². The summed E-state index contributed by atoms with van der Waals surface area (Å²) in [4.78, 5) is 4.14. The van der Waals surface area contributed by atoms with Crippen molar-refractivity contribution in [2.24, 2.45) is 10.7 Å². The Morgan fingerprint density at radius 2 is 2.08 bits per heavy atom. The number of ether oxygens (including phenoxy) is 3. The quantitative estimate of drug-likeness (QED) is 0.366. The van der Waals surface area contributed by atoms with Crippen molar-refractivity contribution < 1.29 is 23.0 Å². The second-order valence-corrected chi connectivity index (χ2v) is 4.73. The number of hydrogen-bond acceptors (Lipinski definition) is 4. The molecule has 136 valence electrons. The van der Waals surface area contributed by atoms with Crippen molar-refractivity contribution in [1.29, 1.82) is 0 Å². The van der Waals surface area contributed by atoms with Crippen molar-refractivity contribution in [3.8, 4) is 11.5 Å². The summed E-state index contributed by atoms with van der Waals surface area (Å²) in [5, 5.41) is 2.94. The fourth-order valence-corrected chi connectivity index (χ4v) is 1.94. The van der Waals surface area contributed by atoms with Crippen LogP contribution in [0.5, 0.6) is 11.5 Å². The van der Waals surface area contributed by atoms with Crippen molar-refractivity contribution in [3.05, 3.63) is 23.8 Å². The minimum atomic E-state index is -2.94. The Labute approximate surface area is 141 Å². The first kappa shape index (κ1) is 20.0. The van der Waals surface area contributed by atoms with Crippen LogP contribution in [0.1, 0.15) is 25.8 Å². The highest BCUT2D eigenvalue weighted by Crippen LogP contribution is 2.33. The molecule has 3 N–H and O–H groups in total. The van der Waals surface area contributed by atoms with E-state index >= 15 is 0 Å². The zero-order chi connectivity index (χ0) is 17.8. The van der Waals surface area contributed by atoms with Gasteiger partial charge in [0.1, 0.15) is 0 Å². The van der Waals surface area contributed by atoms with E-state index in [1.807, 2.05) is 6.92 Å². The zero-order valence-electron chi connectivity index (χ0n) is 14.1. The maximum absolute atomic E-state index is 12.6. The van der Waals surface area contributed by atoms with E-state index in [4.69, 9.17) is 15.2 Å². The van der Waals surface area contributed by atoms with Gasteiger partial charge in [-0.05, 0) is 26.3 Å². The van der Waals surface area contributed by atoms with Gasteiger partial charge in [-0.2, -0.15) is 8.78 Å². The van der Waals surface area contributed by atoms with E-state index in [9.17, 15) is 8.78 Å². The highest BCUT2D eigenvalue weighted by molar-refractivity contribution is 5.77. The number of nitrogens with two attached hydrogens (primary N) is 1. The van der Waals surface area contributed by atoms with Gasteiger partial charge in [0.25, 0.3) is 0 Å². The number of benzene rings is 1. The van der Waals surface area contributed by atoms with E-state index in [1.165, 1.54) is 0 Å². The molecule has 0 saturated heterocycles. The largest absolute Gasteiger partial charge is 0.490 e. The fraction of sp³-hybridized carbons (Fsp3) is 0.562. The van der Waals surface area contributed by atoms with Gasteiger partial charge < -0.3 is 25.3 Å². The molecule has 1 aromatic rings. The summed E-state index contributed by atoms with van der Waals surface area (Å²) in [6, 6.07) is 4.91. The van der Waals surface area contributed by atoms with E-state index in [2.05, 4.69) is 15.0 Å². The minimum Gasteiger partial charge on any atom is -0.490 e. The van der Waals surface area contributed by atoms with E-state index < -0.39 is 6.61 Å². The number of para-hydroxylation sites is 1. The first-order chi connectivity index (χ1) is 11.6. The smallest absolute Gasteiger partial charge is 0.387 e. The van der Waals surface area contributed by atoms with Gasteiger partial charge in [0.2, 0.25) is 0 Å². The van der Waals surface area contributed by atoms with Crippen molar-refractivity contribution in [3.63, 3.8) is 0 Å². The highest BCUT2D eigenvalue weighted by atomic mass is 19.3. The number of nitrogens with zero attached hydrogens (tertiary/aromatic N) is 1. The van der Waals surface area contributed by atoms with Crippen molar-refractivity contribution in [1.82, 2.24) is 5.32 Å². The SMILES string of the molecule is CCOCCCNC(N)=NCc1cccc(OCC)c1OC(F)F. The predicted molar refractivity (Wildman–Crippen MR) is 88.7 cm³/mol. The number of hydrogen-bond donors (Lipinski definition) is 2. The van der Waals surface area contributed by atoms with Crippen LogP contribution in [0.2, 0.25) is 0 Å². The number of aliphatic imine (C=N–C) groups is 1. The fourth-order valence-electron chi connectivity index (χ4n) is 1.94. The predicted octanol–water partition coefficient (Wildman–Crippen LogP) is 2.52. The summed E-state index contributed by atoms with van der Waals surface area (Å²) in [7, 11) is 0. The van der Waals surface area contributed by atoms with Gasteiger partial charge in [-0.1, -0.05) is 12.1 Å². The standard InChI is InChI=1S/C16H25F2N3O3/c1-3-22-10-6-9-20-16(19)21-11-12-7-5-8-13(23-4-2)14(12)24-15(17)18/h5,7-8,15H,3-4,6,9-11H2,1-2H3,(H3,19,20,21). The summed E-state index contributed by atoms with van der Waals surface area (Å²) in [5.74, 6) is 0.479. The summed E-state index contributed by atoms with van der Waals surface area (Å²) >= 11 is 0. The molecule has 24 heavy (non-hydrogen) atoms. The molecule has 0 radical (unpaired) electrons. The third-order valence-electron chi connectivity index (χ3n) is 2.96. The molecule has 0 amide bonds. The molecule has 8 heteroatoms. The Hall–Kier alpha value is -2.09. The van der Waals surface area contributed by atoms with Gasteiger partial charge >= 0.3 is 6.61 Å². The van der Waals surface area contributed by atoms with E-state index in [1.54, 1.807) is 25.1 Å². The van der Waals surface area contributed by atoms with Gasteiger partial charge in [-0.15, -0.1) is 0 Å². The lowest BCUT2D eigenvalue weighted by atomic mass is 10.2. The van der Waals surface area contributed by atoms with Crippen LogP contribution < -0.4 is 20.5 Å². The summed E-state index contributed by atoms with van der Waals surface area (Å²) < 4.78 is 40.4. The lowest BCUT2D eigenvalue weighted by Gasteiger charge is -2.14. The monoisotopic (exact) mass is 345 g/mol. The Balaban J connectivity index is 2.68. The second-order valence-electron chi connectivity index (χ2n) is 4.73. The van der Waals surface area contributed by atoms with E-state index in [-0.39, 0.29) is 24.0 Å². The van der Waals surface area contributed by atoms with Gasteiger partial charge in [0.05, 0.1) is 13.2 Å². The molecule has 0 aromatic heterocycles. The molecular formula is C16H25F2N3O3. The zero-order valence-corrected chi connectivity index (χ0v) is 14.1. The first-order valence-electron chi connectivity index (χ1n) is 7.89. The molecule has 0 aliphatic heterocycles. The number of halogens is 2. The molecular weight excluding hydrogens is 320 g/mol. The first-order valence-corrected chi connectivity index (χ1v) is 7.89. The van der Waals surface area contributed by atoms with Crippen LogP contribution >= 0.6 is 0 Å². The lowest BCUT2D eigenvalue weighted by molar-refractivity contribution is -0.0520. The molecule has 0 spiro atoms. The minimum absolute atomic E-state index is 0.0118. The number of nitrogens with one attached hydrogen (secondary N) is 1.